The topological polar surface area (TPSA) is 65.4 Å². The monoisotopic (exact) mass is 376 g/mol. The molecule has 1 atom stereocenters. The molecule has 5 heteroatoms. The van der Waals surface area contributed by atoms with Crippen molar-refractivity contribution in [3.8, 4) is 11.3 Å². The molecule has 0 spiro atoms. The summed E-state index contributed by atoms with van der Waals surface area (Å²) in [4.78, 5) is 9.32. The van der Waals surface area contributed by atoms with Crippen LogP contribution in [0.2, 0.25) is 0 Å². The van der Waals surface area contributed by atoms with Crippen molar-refractivity contribution < 1.29 is 4.74 Å². The molecule has 1 aromatic carbocycles. The van der Waals surface area contributed by atoms with Crippen molar-refractivity contribution in [1.82, 2.24) is 14.4 Å². The molecule has 3 aromatic rings. The molecule has 28 heavy (non-hydrogen) atoms. The van der Waals surface area contributed by atoms with Gasteiger partial charge in [0.2, 0.25) is 0 Å². The summed E-state index contributed by atoms with van der Waals surface area (Å²) < 4.78 is 8.02. The van der Waals surface area contributed by atoms with Crippen LogP contribution in [0.5, 0.6) is 0 Å². The first-order valence-corrected chi connectivity index (χ1v) is 10.6. The predicted molar refractivity (Wildman–Crippen MR) is 111 cm³/mol. The van der Waals surface area contributed by atoms with Crippen LogP contribution in [0.25, 0.3) is 16.8 Å². The van der Waals surface area contributed by atoms with E-state index >= 15 is 0 Å². The first kappa shape index (κ1) is 17.7. The zero-order valence-electron chi connectivity index (χ0n) is 16.3. The summed E-state index contributed by atoms with van der Waals surface area (Å²) in [5.74, 6) is 2.40. The maximum absolute atomic E-state index is 6.25. The van der Waals surface area contributed by atoms with Gasteiger partial charge >= 0.3 is 0 Å². The fraction of sp³-hybridized carbons (Fsp3) is 0.478. The number of aromatic nitrogens is 3. The average molecular weight is 377 g/mol. The van der Waals surface area contributed by atoms with Crippen molar-refractivity contribution in [2.24, 2.45) is 5.92 Å². The summed E-state index contributed by atoms with van der Waals surface area (Å²) in [7, 11) is 0. The molecular formula is C23H28N4O. The van der Waals surface area contributed by atoms with Crippen molar-refractivity contribution in [2.75, 3.05) is 12.3 Å². The molecule has 3 heterocycles. The van der Waals surface area contributed by atoms with Gasteiger partial charge in [-0.25, -0.2) is 9.97 Å². The third kappa shape index (κ3) is 3.39. The molecule has 1 saturated heterocycles. The Balaban J connectivity index is 1.44. The largest absolute Gasteiger partial charge is 0.382 e. The first-order valence-electron chi connectivity index (χ1n) is 10.6. The zero-order valence-corrected chi connectivity index (χ0v) is 16.3. The Bertz CT molecular complexity index is 953. The fourth-order valence-electron chi connectivity index (χ4n) is 4.46. The van der Waals surface area contributed by atoms with E-state index < -0.39 is 0 Å². The summed E-state index contributed by atoms with van der Waals surface area (Å²) >= 11 is 0. The maximum atomic E-state index is 6.25. The highest BCUT2D eigenvalue weighted by Gasteiger charge is 2.23. The third-order valence-electron chi connectivity index (χ3n) is 6.32. The molecule has 2 fully saturated rings. The highest BCUT2D eigenvalue weighted by molar-refractivity contribution is 5.85. The minimum Gasteiger partial charge on any atom is -0.382 e. The van der Waals surface area contributed by atoms with Gasteiger partial charge in [-0.3, -0.25) is 4.40 Å². The van der Waals surface area contributed by atoms with Crippen molar-refractivity contribution in [3.05, 3.63) is 48.0 Å². The van der Waals surface area contributed by atoms with Crippen LogP contribution in [0, 0.1) is 5.92 Å². The molecule has 5 nitrogen and oxygen atoms in total. The van der Waals surface area contributed by atoms with Crippen LogP contribution in [0.4, 0.5) is 5.82 Å². The second kappa shape index (κ2) is 7.55. The van der Waals surface area contributed by atoms with E-state index in [1.54, 1.807) is 6.20 Å². The number of hydrogen-bond acceptors (Lipinski definition) is 4. The summed E-state index contributed by atoms with van der Waals surface area (Å²) in [6.07, 6.45) is 13.7. The van der Waals surface area contributed by atoms with Crippen LogP contribution in [-0.2, 0) is 17.6 Å². The Morgan fingerprint density at radius 2 is 1.89 bits per heavy atom. The van der Waals surface area contributed by atoms with Crippen molar-refractivity contribution in [3.63, 3.8) is 0 Å². The van der Waals surface area contributed by atoms with Crippen molar-refractivity contribution >= 4 is 11.3 Å². The van der Waals surface area contributed by atoms with Crippen LogP contribution >= 0.6 is 0 Å². The van der Waals surface area contributed by atoms with Crippen LogP contribution in [-0.4, -0.2) is 27.1 Å². The number of nitrogens with zero attached hydrogens (tertiary/aromatic N) is 3. The highest BCUT2D eigenvalue weighted by atomic mass is 16.5. The minimum atomic E-state index is 0.363. The Morgan fingerprint density at radius 1 is 1.04 bits per heavy atom. The number of ether oxygens (including phenoxy) is 1. The first-order chi connectivity index (χ1) is 13.8. The molecule has 0 radical (unpaired) electrons. The number of rotatable bonds is 5. The lowest BCUT2D eigenvalue weighted by atomic mass is 9.83. The smallest absolute Gasteiger partial charge is 0.150 e. The maximum Gasteiger partial charge on any atom is 0.150 e. The van der Waals surface area contributed by atoms with Crippen LogP contribution in [0.1, 0.15) is 49.9 Å². The zero-order chi connectivity index (χ0) is 18.9. The molecule has 2 aliphatic rings. The number of nitrogens with two attached hydrogens (primary N) is 1. The molecular weight excluding hydrogens is 348 g/mol. The second-order valence-corrected chi connectivity index (χ2v) is 8.30. The molecule has 2 aromatic heterocycles. The molecule has 5 rings (SSSR count). The van der Waals surface area contributed by atoms with Crippen LogP contribution < -0.4 is 5.73 Å². The van der Waals surface area contributed by atoms with Crippen LogP contribution in [0.15, 0.2) is 36.7 Å². The summed E-state index contributed by atoms with van der Waals surface area (Å²) in [5.41, 5.74) is 10.5. The Morgan fingerprint density at radius 3 is 2.61 bits per heavy atom. The van der Waals surface area contributed by atoms with Gasteiger partial charge in [0, 0.05) is 31.0 Å². The van der Waals surface area contributed by atoms with E-state index in [1.807, 2.05) is 6.20 Å². The number of fused-ring (bicyclic) bond motifs is 1. The van der Waals surface area contributed by atoms with E-state index in [9.17, 15) is 0 Å². The lowest BCUT2D eigenvalue weighted by molar-refractivity contribution is 0.0168. The van der Waals surface area contributed by atoms with Gasteiger partial charge in [0.1, 0.15) is 22.9 Å². The normalized spacial score (nSPS) is 20.4. The summed E-state index contributed by atoms with van der Waals surface area (Å²) in [5, 5.41) is 0. The van der Waals surface area contributed by atoms with Gasteiger partial charge in [0.05, 0.1) is 6.10 Å². The van der Waals surface area contributed by atoms with E-state index in [-0.39, 0.29) is 0 Å². The number of nitrogen functional groups attached to an aromatic ring is 1. The van der Waals surface area contributed by atoms with E-state index in [2.05, 4.69) is 33.7 Å². The Labute approximate surface area is 166 Å². The molecule has 1 aliphatic carbocycles. The van der Waals surface area contributed by atoms with Crippen molar-refractivity contribution in [2.45, 2.75) is 57.5 Å². The Kier molecular flexibility index (Phi) is 4.77. The van der Waals surface area contributed by atoms with Gasteiger partial charge in [-0.2, -0.15) is 0 Å². The molecule has 1 saturated carbocycles. The highest BCUT2D eigenvalue weighted by Crippen LogP contribution is 2.33. The quantitative estimate of drug-likeness (QED) is 0.715. The second-order valence-electron chi connectivity index (χ2n) is 8.30. The van der Waals surface area contributed by atoms with Gasteiger partial charge in [-0.1, -0.05) is 43.5 Å². The number of imidazole rings is 1. The van der Waals surface area contributed by atoms with E-state index in [4.69, 9.17) is 15.5 Å². The van der Waals surface area contributed by atoms with Gasteiger partial charge in [0.25, 0.3) is 0 Å². The van der Waals surface area contributed by atoms with Crippen LogP contribution in [0.3, 0.4) is 0 Å². The third-order valence-corrected chi connectivity index (χ3v) is 6.32. The molecule has 1 unspecified atom stereocenters. The summed E-state index contributed by atoms with van der Waals surface area (Å²) in [6.45, 7) is 0.902. The molecule has 0 amide bonds. The molecule has 2 N–H and O–H groups in total. The lowest BCUT2D eigenvalue weighted by Gasteiger charge is -2.24. The minimum absolute atomic E-state index is 0.363. The SMILES string of the molecule is Nc1nccn2c(CC3CCC3)nc(-c3ccc(CC4CCCCO4)cc3)c12. The number of anilines is 1. The standard InChI is InChI=1S/C23H28N4O/c24-23-22-21(26-20(15-16-4-3-5-16)27(22)12-11-25-23)18-9-7-17(8-10-18)14-19-6-1-2-13-28-19/h7-12,16,19H,1-6,13-15H2,(H2,24,25). The molecule has 146 valence electrons. The fourth-order valence-corrected chi connectivity index (χ4v) is 4.46. The van der Waals surface area contributed by atoms with Gasteiger partial charge in [-0.15, -0.1) is 0 Å². The van der Waals surface area contributed by atoms with Gasteiger partial charge < -0.3 is 10.5 Å². The predicted octanol–water partition coefficient (Wildman–Crippen LogP) is 4.43. The average Bonchev–Trinajstić information content (AvgIpc) is 3.06. The number of benzene rings is 1. The van der Waals surface area contributed by atoms with E-state index in [0.29, 0.717) is 11.9 Å². The van der Waals surface area contributed by atoms with Gasteiger partial charge in [-0.05, 0) is 37.2 Å². The van der Waals surface area contributed by atoms with E-state index in [1.165, 1.54) is 44.1 Å². The Hall–Kier alpha value is -2.40. The molecule has 1 aliphatic heterocycles. The van der Waals surface area contributed by atoms with Gasteiger partial charge in [0.15, 0.2) is 0 Å². The lowest BCUT2D eigenvalue weighted by Crippen LogP contribution is -2.21. The summed E-state index contributed by atoms with van der Waals surface area (Å²) in [6, 6.07) is 8.74. The molecule has 0 bridgehead atoms. The van der Waals surface area contributed by atoms with Crippen molar-refractivity contribution in [1.29, 1.82) is 0 Å². The number of hydrogen-bond donors (Lipinski definition) is 1. The van der Waals surface area contributed by atoms with E-state index in [0.717, 1.165) is 48.0 Å².